The van der Waals surface area contributed by atoms with Crippen LogP contribution in [0.25, 0.3) is 0 Å². The van der Waals surface area contributed by atoms with Gasteiger partial charge in [0.15, 0.2) is 0 Å². The minimum Gasteiger partial charge on any atom is -0.462 e. The molecule has 0 radical (unpaired) electrons. The molecule has 2 saturated heterocycles. The number of rotatable bonds is 7. The molecule has 218 valence electrons. The van der Waals surface area contributed by atoms with Crippen LogP contribution in [0.2, 0.25) is 5.02 Å². The highest BCUT2D eigenvalue weighted by atomic mass is 35.5. The minimum atomic E-state index is -0.250. The largest absolute Gasteiger partial charge is 0.462 e. The van der Waals surface area contributed by atoms with Gasteiger partial charge in [-0.15, -0.1) is 0 Å². The van der Waals surface area contributed by atoms with Gasteiger partial charge in [0.1, 0.15) is 18.3 Å². The van der Waals surface area contributed by atoms with E-state index in [9.17, 15) is 9.65 Å². The standard InChI is InChI=1S/C31H39ClFN7O/c1-21(33)17-38-15-16-40(18-23(38)10-12-34)30-26-11-14-39(29-25-7-3-5-22(25)8-9-27(29)32)19-28(26)35-31(36-30)41-20-24-6-4-13-37(24)2/h8-9,17,23-24H,3-7,10-11,13-16,18-20H2,1-2H3/t23-,24-/m1/s1. The number of fused-ring (bicyclic) bond motifs is 2. The van der Waals surface area contributed by atoms with Gasteiger partial charge in [-0.2, -0.15) is 15.2 Å². The molecule has 2 aromatic rings. The molecule has 2 fully saturated rings. The number of allylic oxidation sites excluding steroid dienone is 1. The van der Waals surface area contributed by atoms with Gasteiger partial charge in [0.2, 0.25) is 0 Å². The zero-order chi connectivity index (χ0) is 28.5. The molecule has 1 aromatic heterocycles. The zero-order valence-corrected chi connectivity index (χ0v) is 24.8. The number of hydrogen-bond donors (Lipinski definition) is 0. The summed E-state index contributed by atoms with van der Waals surface area (Å²) in [6.07, 6.45) is 8.26. The molecule has 0 bridgehead atoms. The predicted octanol–water partition coefficient (Wildman–Crippen LogP) is 4.89. The molecule has 3 aliphatic heterocycles. The summed E-state index contributed by atoms with van der Waals surface area (Å²) in [5.74, 6) is 0.636. The first-order valence-corrected chi connectivity index (χ1v) is 15.3. The van der Waals surface area contributed by atoms with Crippen LogP contribution in [-0.4, -0.2) is 78.2 Å². The van der Waals surface area contributed by atoms with Crippen LogP contribution >= 0.6 is 11.6 Å². The van der Waals surface area contributed by atoms with Crippen molar-refractivity contribution >= 4 is 23.1 Å². The molecule has 6 rings (SSSR count). The lowest BCUT2D eigenvalue weighted by Gasteiger charge is -2.42. The maximum atomic E-state index is 13.8. The number of anilines is 2. The number of hydrogen-bond acceptors (Lipinski definition) is 8. The van der Waals surface area contributed by atoms with Gasteiger partial charge in [-0.25, -0.2) is 4.39 Å². The summed E-state index contributed by atoms with van der Waals surface area (Å²) in [5, 5.41) is 10.3. The van der Waals surface area contributed by atoms with E-state index >= 15 is 0 Å². The van der Waals surface area contributed by atoms with Crippen molar-refractivity contribution in [2.45, 2.75) is 70.5 Å². The number of halogens is 2. The van der Waals surface area contributed by atoms with Gasteiger partial charge in [0.25, 0.3) is 0 Å². The number of nitrogens with zero attached hydrogens (tertiary/aromatic N) is 7. The van der Waals surface area contributed by atoms with Gasteiger partial charge < -0.3 is 24.3 Å². The van der Waals surface area contributed by atoms with Crippen LogP contribution in [0, 0.1) is 11.3 Å². The molecule has 41 heavy (non-hydrogen) atoms. The zero-order valence-electron chi connectivity index (χ0n) is 24.1. The van der Waals surface area contributed by atoms with E-state index < -0.39 is 0 Å². The predicted molar refractivity (Wildman–Crippen MR) is 159 cm³/mol. The average Bonchev–Trinajstić information content (AvgIpc) is 3.60. The second-order valence-electron chi connectivity index (χ2n) is 11.8. The van der Waals surface area contributed by atoms with Crippen molar-refractivity contribution < 1.29 is 9.13 Å². The third-order valence-electron chi connectivity index (χ3n) is 9.12. The van der Waals surface area contributed by atoms with E-state index in [1.54, 1.807) is 0 Å². The fourth-order valence-corrected chi connectivity index (χ4v) is 7.27. The van der Waals surface area contributed by atoms with Crippen molar-refractivity contribution in [1.82, 2.24) is 19.8 Å². The first-order chi connectivity index (χ1) is 19.9. The lowest BCUT2D eigenvalue weighted by atomic mass is 10.0. The van der Waals surface area contributed by atoms with Crippen molar-refractivity contribution in [3.63, 3.8) is 0 Å². The molecule has 0 amide bonds. The topological polar surface area (TPSA) is 71.8 Å². The Labute approximate surface area is 247 Å². The molecule has 4 aliphatic rings. The number of likely N-dealkylation sites (tertiary alicyclic amines) is 1. The molecule has 0 N–H and O–H groups in total. The highest BCUT2D eigenvalue weighted by Crippen LogP contribution is 2.40. The van der Waals surface area contributed by atoms with Crippen LogP contribution in [0.5, 0.6) is 6.01 Å². The SMILES string of the molecule is CC(F)=CN1CCN(c2nc(OC[C@H]3CCCN3C)nc3c2CCN(c2c(Cl)ccc4c2CCC4)C3)C[C@H]1CC#N. The smallest absolute Gasteiger partial charge is 0.318 e. The third-order valence-corrected chi connectivity index (χ3v) is 9.42. The van der Waals surface area contributed by atoms with Crippen molar-refractivity contribution in [3.8, 4) is 12.1 Å². The van der Waals surface area contributed by atoms with E-state index in [0.29, 0.717) is 51.3 Å². The quantitative estimate of drug-likeness (QED) is 0.459. The van der Waals surface area contributed by atoms with Crippen LogP contribution in [0.1, 0.15) is 55.0 Å². The summed E-state index contributed by atoms with van der Waals surface area (Å²) in [4.78, 5) is 18.9. The van der Waals surface area contributed by atoms with Gasteiger partial charge in [-0.3, -0.25) is 0 Å². The molecule has 2 atom stereocenters. The van der Waals surface area contributed by atoms with E-state index in [1.165, 1.54) is 37.1 Å². The molecule has 0 unspecified atom stereocenters. The number of likely N-dealkylation sites (N-methyl/N-ethyl adjacent to an activating group) is 1. The van der Waals surface area contributed by atoms with Gasteiger partial charge in [0, 0.05) is 44.0 Å². The Hall–Kier alpha value is -3.09. The molecule has 8 nitrogen and oxygen atoms in total. The minimum absolute atomic E-state index is 0.118. The van der Waals surface area contributed by atoms with Crippen LogP contribution in [-0.2, 0) is 25.8 Å². The highest BCUT2D eigenvalue weighted by molar-refractivity contribution is 6.33. The van der Waals surface area contributed by atoms with Crippen LogP contribution in [0.4, 0.5) is 15.9 Å². The lowest BCUT2D eigenvalue weighted by molar-refractivity contribution is 0.187. The fourth-order valence-electron chi connectivity index (χ4n) is 6.97. The number of benzene rings is 1. The Bertz CT molecular complexity index is 1360. The molecule has 1 aromatic carbocycles. The summed E-state index contributed by atoms with van der Waals surface area (Å²) < 4.78 is 20.1. The summed E-state index contributed by atoms with van der Waals surface area (Å²) >= 11 is 6.81. The van der Waals surface area contributed by atoms with Gasteiger partial charge in [-0.05, 0) is 76.2 Å². The first-order valence-electron chi connectivity index (χ1n) is 14.9. The van der Waals surface area contributed by atoms with E-state index in [0.717, 1.165) is 66.6 Å². The fraction of sp³-hybridized carbons (Fsp3) is 0.581. The molecular formula is C31H39ClFN7O. The summed E-state index contributed by atoms with van der Waals surface area (Å²) in [6, 6.07) is 7.15. The Morgan fingerprint density at radius 1 is 1.10 bits per heavy atom. The normalized spacial score (nSPS) is 23.0. The van der Waals surface area contributed by atoms with Crippen molar-refractivity contribution in [1.29, 1.82) is 5.26 Å². The van der Waals surface area contributed by atoms with E-state index in [4.69, 9.17) is 26.3 Å². The van der Waals surface area contributed by atoms with Gasteiger partial charge in [-0.1, -0.05) is 17.7 Å². The van der Waals surface area contributed by atoms with Crippen LogP contribution < -0.4 is 14.5 Å². The number of piperazine rings is 1. The molecule has 0 saturated carbocycles. The number of ether oxygens (including phenoxy) is 1. The summed E-state index contributed by atoms with van der Waals surface area (Å²) in [7, 11) is 2.14. The maximum Gasteiger partial charge on any atom is 0.318 e. The van der Waals surface area contributed by atoms with E-state index in [1.807, 2.05) is 11.0 Å². The summed E-state index contributed by atoms with van der Waals surface area (Å²) in [5.41, 5.74) is 6.04. The van der Waals surface area contributed by atoms with E-state index in [-0.39, 0.29) is 11.9 Å². The molecule has 4 heterocycles. The van der Waals surface area contributed by atoms with Gasteiger partial charge in [0.05, 0.1) is 41.5 Å². The van der Waals surface area contributed by atoms with Gasteiger partial charge >= 0.3 is 6.01 Å². The molecular weight excluding hydrogens is 541 g/mol. The van der Waals surface area contributed by atoms with E-state index in [2.05, 4.69) is 33.9 Å². The third kappa shape index (κ3) is 5.82. The Kier molecular flexibility index (Phi) is 8.23. The van der Waals surface area contributed by atoms with Crippen molar-refractivity contribution in [3.05, 3.63) is 51.6 Å². The average molecular weight is 580 g/mol. The Morgan fingerprint density at radius 3 is 2.76 bits per heavy atom. The van der Waals surface area contributed by atoms with Crippen molar-refractivity contribution in [2.24, 2.45) is 0 Å². The lowest BCUT2D eigenvalue weighted by Crippen LogP contribution is -2.51. The molecule has 0 spiro atoms. The molecule has 10 heteroatoms. The number of aryl methyl sites for hydroxylation is 1. The Balaban J connectivity index is 1.32. The Morgan fingerprint density at radius 2 is 1.98 bits per heavy atom. The summed E-state index contributed by atoms with van der Waals surface area (Å²) in [6.45, 7) is 6.45. The first kappa shape index (κ1) is 28.0. The monoisotopic (exact) mass is 579 g/mol. The maximum absolute atomic E-state index is 13.8. The molecule has 1 aliphatic carbocycles. The highest BCUT2D eigenvalue weighted by Gasteiger charge is 2.33. The number of nitriles is 1. The second-order valence-corrected chi connectivity index (χ2v) is 12.2. The number of aromatic nitrogens is 2. The van der Waals surface area contributed by atoms with Crippen LogP contribution in [0.3, 0.4) is 0 Å². The second kappa shape index (κ2) is 12.0. The van der Waals surface area contributed by atoms with Crippen molar-refractivity contribution in [2.75, 3.05) is 56.2 Å². The van der Waals surface area contributed by atoms with Crippen LogP contribution in [0.15, 0.2) is 24.2 Å².